The van der Waals surface area contributed by atoms with Crippen LogP contribution < -0.4 is 10.1 Å². The third kappa shape index (κ3) is 3.07. The molecule has 1 aromatic rings. The monoisotopic (exact) mass is 291 g/mol. The number of methoxy groups -OCH3 is 1. The molecule has 1 saturated carbocycles. The Labute approximate surface area is 126 Å². The summed E-state index contributed by atoms with van der Waals surface area (Å²) in [5.74, 6) is 1.53. The van der Waals surface area contributed by atoms with Crippen molar-refractivity contribution in [3.05, 3.63) is 29.8 Å². The number of hydrogen-bond acceptors (Lipinski definition) is 4. The van der Waals surface area contributed by atoms with E-state index in [4.69, 9.17) is 9.47 Å². The molecule has 0 radical (unpaired) electrons. The highest BCUT2D eigenvalue weighted by molar-refractivity contribution is 5.30. The molecule has 3 rings (SSSR count). The number of aliphatic hydroxyl groups is 1. The molecule has 2 N–H and O–H groups in total. The summed E-state index contributed by atoms with van der Waals surface area (Å²) in [5.41, 5.74) is 0.690. The summed E-state index contributed by atoms with van der Waals surface area (Å²) in [5, 5.41) is 14.0. The Balaban J connectivity index is 1.45. The molecule has 2 atom stereocenters. The average Bonchev–Trinajstić information content (AvgIpc) is 2.78. The van der Waals surface area contributed by atoms with Crippen LogP contribution in [0.4, 0.5) is 0 Å². The lowest BCUT2D eigenvalue weighted by atomic mass is 9.75. The van der Waals surface area contributed by atoms with Crippen LogP contribution in [0.5, 0.6) is 5.75 Å². The second-order valence-electron chi connectivity index (χ2n) is 6.39. The zero-order valence-electron chi connectivity index (χ0n) is 12.8. The van der Waals surface area contributed by atoms with Gasteiger partial charge in [-0.15, -0.1) is 0 Å². The van der Waals surface area contributed by atoms with Crippen LogP contribution in [0.2, 0.25) is 0 Å². The van der Waals surface area contributed by atoms with Crippen molar-refractivity contribution in [3.8, 4) is 5.75 Å². The van der Waals surface area contributed by atoms with Crippen LogP contribution in [-0.2, 0) is 4.74 Å². The van der Waals surface area contributed by atoms with Crippen LogP contribution in [0.3, 0.4) is 0 Å². The third-order valence-corrected chi connectivity index (χ3v) is 5.08. The van der Waals surface area contributed by atoms with E-state index in [1.165, 1.54) is 5.56 Å². The molecule has 0 spiro atoms. The molecule has 1 saturated heterocycles. The van der Waals surface area contributed by atoms with Crippen LogP contribution in [0.1, 0.15) is 37.7 Å². The molecule has 4 nitrogen and oxygen atoms in total. The first-order valence-electron chi connectivity index (χ1n) is 7.82. The fraction of sp³-hybridized carbons (Fsp3) is 0.647. The van der Waals surface area contributed by atoms with Crippen LogP contribution in [-0.4, -0.2) is 43.1 Å². The Hall–Kier alpha value is -1.10. The number of ether oxygens (including phenoxy) is 2. The van der Waals surface area contributed by atoms with E-state index in [0.29, 0.717) is 25.1 Å². The van der Waals surface area contributed by atoms with Gasteiger partial charge < -0.3 is 19.9 Å². The highest BCUT2D eigenvalue weighted by Crippen LogP contribution is 2.38. The van der Waals surface area contributed by atoms with Crippen LogP contribution >= 0.6 is 0 Å². The average molecular weight is 291 g/mol. The van der Waals surface area contributed by atoms with Gasteiger partial charge in [-0.05, 0) is 43.4 Å². The first kappa shape index (κ1) is 14.8. The maximum absolute atomic E-state index is 10.5. The van der Waals surface area contributed by atoms with E-state index >= 15 is 0 Å². The van der Waals surface area contributed by atoms with Crippen molar-refractivity contribution in [2.24, 2.45) is 0 Å². The van der Waals surface area contributed by atoms with Gasteiger partial charge in [0.15, 0.2) is 0 Å². The van der Waals surface area contributed by atoms with Crippen LogP contribution in [0.15, 0.2) is 24.3 Å². The van der Waals surface area contributed by atoms with E-state index in [-0.39, 0.29) is 6.10 Å². The second-order valence-corrected chi connectivity index (χ2v) is 6.39. The number of benzene rings is 1. The Bertz CT molecular complexity index is 469. The van der Waals surface area contributed by atoms with Crippen molar-refractivity contribution in [2.45, 2.75) is 49.9 Å². The quantitative estimate of drug-likeness (QED) is 0.872. The molecule has 1 heterocycles. The minimum absolute atomic E-state index is 0.0672. The predicted octanol–water partition coefficient (Wildman–Crippen LogP) is 2.07. The summed E-state index contributed by atoms with van der Waals surface area (Å²) < 4.78 is 10.6. The van der Waals surface area contributed by atoms with Gasteiger partial charge in [0, 0.05) is 25.6 Å². The van der Waals surface area contributed by atoms with E-state index < -0.39 is 5.60 Å². The highest BCUT2D eigenvalue weighted by atomic mass is 16.5. The van der Waals surface area contributed by atoms with Gasteiger partial charge in [-0.3, -0.25) is 0 Å². The standard InChI is InChI=1S/C17H25NO3/c1-12-17(19,7-8-21-12)11-18-15-9-14(10-15)13-3-5-16(20-2)6-4-13/h3-6,12,14-15,18-19H,7-11H2,1-2H3. The van der Waals surface area contributed by atoms with Crippen LogP contribution in [0, 0.1) is 0 Å². The molecule has 1 aromatic carbocycles. The summed E-state index contributed by atoms with van der Waals surface area (Å²) in [6.45, 7) is 3.25. The topological polar surface area (TPSA) is 50.7 Å². The summed E-state index contributed by atoms with van der Waals surface area (Å²) in [6, 6.07) is 8.86. The van der Waals surface area contributed by atoms with E-state index in [1.54, 1.807) is 7.11 Å². The lowest BCUT2D eigenvalue weighted by molar-refractivity contribution is -0.0295. The fourth-order valence-electron chi connectivity index (χ4n) is 3.26. The molecule has 2 fully saturated rings. The second kappa shape index (κ2) is 5.95. The molecule has 1 aliphatic carbocycles. The molecule has 116 valence electrons. The smallest absolute Gasteiger partial charge is 0.118 e. The van der Waals surface area contributed by atoms with Crippen molar-refractivity contribution in [1.29, 1.82) is 0 Å². The van der Waals surface area contributed by atoms with Gasteiger partial charge in [-0.2, -0.15) is 0 Å². The molecular formula is C17H25NO3. The minimum atomic E-state index is -0.689. The molecular weight excluding hydrogens is 266 g/mol. The summed E-state index contributed by atoms with van der Waals surface area (Å²) in [4.78, 5) is 0. The fourth-order valence-corrected chi connectivity index (χ4v) is 3.26. The lowest BCUT2D eigenvalue weighted by Crippen LogP contribution is -2.51. The van der Waals surface area contributed by atoms with Gasteiger partial charge in [0.1, 0.15) is 11.4 Å². The first-order chi connectivity index (χ1) is 10.1. The largest absolute Gasteiger partial charge is 0.497 e. The molecule has 4 heteroatoms. The van der Waals surface area contributed by atoms with Gasteiger partial charge in [0.25, 0.3) is 0 Å². The van der Waals surface area contributed by atoms with Crippen molar-refractivity contribution in [3.63, 3.8) is 0 Å². The SMILES string of the molecule is COc1ccc(C2CC(NCC3(O)CCOC3C)C2)cc1. The minimum Gasteiger partial charge on any atom is -0.497 e. The molecule has 0 aromatic heterocycles. The van der Waals surface area contributed by atoms with Gasteiger partial charge in [-0.25, -0.2) is 0 Å². The zero-order valence-corrected chi connectivity index (χ0v) is 12.8. The van der Waals surface area contributed by atoms with Gasteiger partial charge in [0.05, 0.1) is 13.2 Å². The normalized spacial score (nSPS) is 35.5. The summed E-state index contributed by atoms with van der Waals surface area (Å²) >= 11 is 0. The lowest BCUT2D eigenvalue weighted by Gasteiger charge is -2.38. The molecule has 1 aliphatic heterocycles. The van der Waals surface area contributed by atoms with Crippen LogP contribution in [0.25, 0.3) is 0 Å². The third-order valence-electron chi connectivity index (χ3n) is 5.08. The highest BCUT2D eigenvalue weighted by Gasteiger charge is 2.40. The molecule has 2 aliphatic rings. The molecule has 2 unspecified atom stereocenters. The van der Waals surface area contributed by atoms with Crippen molar-refractivity contribution >= 4 is 0 Å². The van der Waals surface area contributed by atoms with E-state index in [2.05, 4.69) is 17.4 Å². The number of rotatable bonds is 5. The Morgan fingerprint density at radius 2 is 2.05 bits per heavy atom. The molecule has 0 amide bonds. The van der Waals surface area contributed by atoms with Crippen molar-refractivity contribution < 1.29 is 14.6 Å². The Morgan fingerprint density at radius 3 is 2.62 bits per heavy atom. The van der Waals surface area contributed by atoms with Crippen molar-refractivity contribution in [1.82, 2.24) is 5.32 Å². The number of hydrogen-bond donors (Lipinski definition) is 2. The Kier molecular flexibility index (Phi) is 4.20. The number of nitrogens with one attached hydrogen (secondary N) is 1. The van der Waals surface area contributed by atoms with Crippen molar-refractivity contribution in [2.75, 3.05) is 20.3 Å². The van der Waals surface area contributed by atoms with Gasteiger partial charge in [0.2, 0.25) is 0 Å². The first-order valence-corrected chi connectivity index (χ1v) is 7.82. The maximum atomic E-state index is 10.5. The van der Waals surface area contributed by atoms with Gasteiger partial charge in [-0.1, -0.05) is 12.1 Å². The predicted molar refractivity (Wildman–Crippen MR) is 81.7 cm³/mol. The van der Waals surface area contributed by atoms with E-state index in [1.807, 2.05) is 19.1 Å². The Morgan fingerprint density at radius 1 is 1.33 bits per heavy atom. The zero-order chi connectivity index (χ0) is 14.9. The molecule has 21 heavy (non-hydrogen) atoms. The molecule has 0 bridgehead atoms. The van der Waals surface area contributed by atoms with Gasteiger partial charge >= 0.3 is 0 Å². The maximum Gasteiger partial charge on any atom is 0.118 e. The summed E-state index contributed by atoms with van der Waals surface area (Å²) in [6.07, 6.45) is 2.94. The summed E-state index contributed by atoms with van der Waals surface area (Å²) in [7, 11) is 1.69. The van der Waals surface area contributed by atoms with E-state index in [9.17, 15) is 5.11 Å². The van der Waals surface area contributed by atoms with E-state index in [0.717, 1.165) is 25.0 Å².